The maximum atomic E-state index is 10.7. The van der Waals surface area contributed by atoms with Crippen LogP contribution in [0.4, 0.5) is 0 Å². The first kappa shape index (κ1) is 14.4. The minimum absolute atomic E-state index is 0.294. The Kier molecular flexibility index (Phi) is 7.39. The lowest BCUT2D eigenvalue weighted by molar-refractivity contribution is -0.138. The lowest BCUT2D eigenvalue weighted by Gasteiger charge is -2.25. The van der Waals surface area contributed by atoms with Crippen LogP contribution in [-0.4, -0.2) is 35.6 Å². The molecule has 0 aromatic heterocycles. The molecule has 0 aliphatic rings. The van der Waals surface area contributed by atoms with Crippen molar-refractivity contribution in [2.45, 2.75) is 40.5 Å². The van der Waals surface area contributed by atoms with Gasteiger partial charge in [0.2, 0.25) is 0 Å². The van der Waals surface area contributed by atoms with Crippen molar-refractivity contribution >= 4 is 5.97 Å². The molecule has 0 rings (SSSR count). The molecule has 90 valence electrons. The quantitative estimate of drug-likeness (QED) is 0.676. The molecule has 0 saturated carbocycles. The van der Waals surface area contributed by atoms with Crippen molar-refractivity contribution < 1.29 is 9.90 Å². The van der Waals surface area contributed by atoms with E-state index in [0.717, 1.165) is 26.1 Å². The molecule has 15 heavy (non-hydrogen) atoms. The van der Waals surface area contributed by atoms with Crippen LogP contribution in [0, 0.1) is 11.8 Å². The molecular formula is C12H25NO2. The van der Waals surface area contributed by atoms with Crippen LogP contribution in [0.2, 0.25) is 0 Å². The molecule has 0 amide bonds. The highest BCUT2D eigenvalue weighted by Gasteiger charge is 2.17. The van der Waals surface area contributed by atoms with E-state index in [1.54, 1.807) is 0 Å². The van der Waals surface area contributed by atoms with Gasteiger partial charge < -0.3 is 10.0 Å². The van der Waals surface area contributed by atoms with Gasteiger partial charge in [-0.2, -0.15) is 0 Å². The number of rotatable bonds is 8. The summed E-state index contributed by atoms with van der Waals surface area (Å²) in [5.74, 6) is 0.195. The Labute approximate surface area is 93.5 Å². The molecule has 0 aromatic carbocycles. The fraction of sp³-hybridized carbons (Fsp3) is 0.917. The summed E-state index contributed by atoms with van der Waals surface area (Å²) in [6.45, 7) is 11.5. The number of carbonyl (C=O) groups is 1. The third-order valence-corrected chi connectivity index (χ3v) is 2.68. The molecule has 0 aliphatic carbocycles. The summed E-state index contributed by atoms with van der Waals surface area (Å²) in [4.78, 5) is 13.0. The van der Waals surface area contributed by atoms with Crippen molar-refractivity contribution in [2.24, 2.45) is 11.8 Å². The summed E-state index contributed by atoms with van der Waals surface area (Å²) in [6.07, 6.45) is 1.30. The smallest absolute Gasteiger partial charge is 0.303 e. The van der Waals surface area contributed by atoms with E-state index >= 15 is 0 Å². The van der Waals surface area contributed by atoms with Crippen molar-refractivity contribution in [1.29, 1.82) is 0 Å². The molecule has 0 aromatic rings. The Morgan fingerprint density at radius 1 is 1.27 bits per heavy atom. The molecule has 1 unspecified atom stereocenters. The van der Waals surface area contributed by atoms with E-state index in [4.69, 9.17) is 5.11 Å². The summed E-state index contributed by atoms with van der Waals surface area (Å²) in [5, 5.41) is 8.84. The molecule has 1 N–H and O–H groups in total. The lowest BCUT2D eigenvalue weighted by atomic mass is 9.93. The van der Waals surface area contributed by atoms with E-state index in [0.29, 0.717) is 18.3 Å². The predicted molar refractivity (Wildman–Crippen MR) is 63.0 cm³/mol. The molecule has 1 atom stereocenters. The van der Waals surface area contributed by atoms with Gasteiger partial charge in [0.05, 0.1) is 0 Å². The number of hydrogen-bond donors (Lipinski definition) is 1. The molecule has 0 saturated heterocycles. The van der Waals surface area contributed by atoms with Crippen molar-refractivity contribution in [3.8, 4) is 0 Å². The average molecular weight is 215 g/mol. The maximum absolute atomic E-state index is 10.7. The minimum atomic E-state index is -0.673. The van der Waals surface area contributed by atoms with Gasteiger partial charge in [-0.05, 0) is 31.3 Å². The fourth-order valence-electron chi connectivity index (χ4n) is 1.98. The first-order chi connectivity index (χ1) is 6.99. The Balaban J connectivity index is 4.15. The zero-order valence-electron chi connectivity index (χ0n) is 10.5. The third-order valence-electron chi connectivity index (χ3n) is 2.68. The van der Waals surface area contributed by atoms with Crippen LogP contribution in [0.25, 0.3) is 0 Å². The molecule has 0 radical (unpaired) electrons. The predicted octanol–water partition coefficient (Wildman–Crippen LogP) is 2.47. The van der Waals surface area contributed by atoms with Crippen molar-refractivity contribution in [1.82, 2.24) is 4.90 Å². The van der Waals surface area contributed by atoms with Gasteiger partial charge >= 0.3 is 5.97 Å². The number of carboxylic acids is 1. The van der Waals surface area contributed by atoms with Gasteiger partial charge in [0.1, 0.15) is 0 Å². The molecule has 0 fully saturated rings. The Morgan fingerprint density at radius 3 is 2.13 bits per heavy atom. The topological polar surface area (TPSA) is 40.5 Å². The molecule has 0 aliphatic heterocycles. The molecule has 3 nitrogen and oxygen atoms in total. The highest BCUT2D eigenvalue weighted by atomic mass is 16.4. The first-order valence-electron chi connectivity index (χ1n) is 5.93. The normalized spacial score (nSPS) is 13.5. The van der Waals surface area contributed by atoms with Gasteiger partial charge in [0, 0.05) is 13.0 Å². The molecule has 0 spiro atoms. The second kappa shape index (κ2) is 7.69. The van der Waals surface area contributed by atoms with Crippen LogP contribution in [-0.2, 0) is 4.79 Å². The van der Waals surface area contributed by atoms with Gasteiger partial charge in [-0.25, -0.2) is 0 Å². The van der Waals surface area contributed by atoms with E-state index in [2.05, 4.69) is 32.6 Å². The fourth-order valence-corrected chi connectivity index (χ4v) is 1.98. The monoisotopic (exact) mass is 215 g/mol. The Bertz CT molecular complexity index is 176. The van der Waals surface area contributed by atoms with E-state index in [1.165, 1.54) is 0 Å². The zero-order chi connectivity index (χ0) is 11.8. The molecular weight excluding hydrogens is 190 g/mol. The SMILES string of the molecule is CCN(CC)CC(CC(=O)O)CC(C)C. The molecule has 0 bridgehead atoms. The molecule has 0 heterocycles. The largest absolute Gasteiger partial charge is 0.481 e. The van der Waals surface area contributed by atoms with Crippen LogP contribution in [0.3, 0.4) is 0 Å². The van der Waals surface area contributed by atoms with Crippen LogP contribution in [0.5, 0.6) is 0 Å². The van der Waals surface area contributed by atoms with Crippen LogP contribution >= 0.6 is 0 Å². The van der Waals surface area contributed by atoms with Gasteiger partial charge in [-0.15, -0.1) is 0 Å². The van der Waals surface area contributed by atoms with E-state index < -0.39 is 5.97 Å². The summed E-state index contributed by atoms with van der Waals surface area (Å²) in [6, 6.07) is 0. The second-order valence-electron chi connectivity index (χ2n) is 4.58. The maximum Gasteiger partial charge on any atom is 0.303 e. The van der Waals surface area contributed by atoms with Crippen molar-refractivity contribution in [3.05, 3.63) is 0 Å². The Morgan fingerprint density at radius 2 is 1.80 bits per heavy atom. The number of aliphatic carboxylic acids is 1. The standard InChI is InChI=1S/C12H25NO2/c1-5-13(6-2)9-11(7-10(3)4)8-12(14)15/h10-11H,5-9H2,1-4H3,(H,14,15). The van der Waals surface area contributed by atoms with Crippen molar-refractivity contribution in [3.63, 3.8) is 0 Å². The summed E-state index contributed by atoms with van der Waals surface area (Å²) >= 11 is 0. The number of nitrogens with zero attached hydrogens (tertiary/aromatic N) is 1. The third kappa shape index (κ3) is 7.37. The summed E-state index contributed by atoms with van der Waals surface area (Å²) in [7, 11) is 0. The number of carboxylic acid groups (broad SMARTS) is 1. The summed E-state index contributed by atoms with van der Waals surface area (Å²) < 4.78 is 0. The molecule has 3 heteroatoms. The van der Waals surface area contributed by atoms with Gasteiger partial charge in [0.25, 0.3) is 0 Å². The van der Waals surface area contributed by atoms with Crippen LogP contribution in [0.15, 0.2) is 0 Å². The lowest BCUT2D eigenvalue weighted by Crippen LogP contribution is -2.31. The van der Waals surface area contributed by atoms with E-state index in [1.807, 2.05) is 0 Å². The summed E-state index contributed by atoms with van der Waals surface area (Å²) in [5.41, 5.74) is 0. The van der Waals surface area contributed by atoms with E-state index in [9.17, 15) is 4.79 Å². The van der Waals surface area contributed by atoms with Gasteiger partial charge in [0.15, 0.2) is 0 Å². The average Bonchev–Trinajstić information content (AvgIpc) is 2.11. The Hall–Kier alpha value is -0.570. The highest BCUT2D eigenvalue weighted by molar-refractivity contribution is 5.67. The van der Waals surface area contributed by atoms with Crippen LogP contribution < -0.4 is 0 Å². The van der Waals surface area contributed by atoms with E-state index in [-0.39, 0.29) is 0 Å². The van der Waals surface area contributed by atoms with Crippen LogP contribution in [0.1, 0.15) is 40.5 Å². The van der Waals surface area contributed by atoms with Gasteiger partial charge in [-0.1, -0.05) is 27.7 Å². The van der Waals surface area contributed by atoms with Gasteiger partial charge in [-0.3, -0.25) is 4.79 Å². The minimum Gasteiger partial charge on any atom is -0.481 e. The first-order valence-corrected chi connectivity index (χ1v) is 5.93. The zero-order valence-corrected chi connectivity index (χ0v) is 10.5. The second-order valence-corrected chi connectivity index (χ2v) is 4.58. The van der Waals surface area contributed by atoms with Crippen molar-refractivity contribution in [2.75, 3.05) is 19.6 Å². The number of hydrogen-bond acceptors (Lipinski definition) is 2. The highest BCUT2D eigenvalue weighted by Crippen LogP contribution is 2.16.